The number of rotatable bonds is 3. The van der Waals surface area contributed by atoms with Crippen LogP contribution in [0.25, 0.3) is 0 Å². The SMILES string of the molecule is N/C(=C/C=C\C=O)C(=O)[O-]. The molecule has 0 fully saturated rings. The maximum absolute atomic E-state index is 9.87. The van der Waals surface area contributed by atoms with E-state index in [1.807, 2.05) is 0 Å². The number of hydrogen-bond donors (Lipinski definition) is 1. The second-order valence-corrected chi connectivity index (χ2v) is 1.43. The number of carbonyl (C=O) groups excluding carboxylic acids is 2. The van der Waals surface area contributed by atoms with Crippen molar-refractivity contribution in [2.75, 3.05) is 0 Å². The summed E-state index contributed by atoms with van der Waals surface area (Å²) in [5, 5.41) is 9.87. The molecule has 0 aromatic rings. The number of carboxylic acid groups (broad SMARTS) is 1. The van der Waals surface area contributed by atoms with Gasteiger partial charge in [-0.1, -0.05) is 6.08 Å². The molecule has 0 saturated carbocycles. The molecular weight excluding hydrogens is 134 g/mol. The smallest absolute Gasteiger partial charge is 0.142 e. The minimum Gasteiger partial charge on any atom is -0.543 e. The molecule has 10 heavy (non-hydrogen) atoms. The van der Waals surface area contributed by atoms with Crippen LogP contribution in [0.2, 0.25) is 0 Å². The van der Waals surface area contributed by atoms with Crippen LogP contribution in [0.5, 0.6) is 0 Å². The molecule has 0 unspecified atom stereocenters. The highest BCUT2D eigenvalue weighted by Crippen LogP contribution is 1.80. The molecule has 0 aliphatic heterocycles. The van der Waals surface area contributed by atoms with Gasteiger partial charge in [-0.3, -0.25) is 4.79 Å². The van der Waals surface area contributed by atoms with Crippen LogP contribution in [-0.4, -0.2) is 12.3 Å². The van der Waals surface area contributed by atoms with Gasteiger partial charge in [0.2, 0.25) is 0 Å². The lowest BCUT2D eigenvalue weighted by Gasteiger charge is -1.97. The van der Waals surface area contributed by atoms with Crippen molar-refractivity contribution in [3.63, 3.8) is 0 Å². The first-order chi connectivity index (χ1) is 4.68. The molecule has 54 valence electrons. The standard InChI is InChI=1S/C6H7NO3/c7-5(6(9)10)3-1-2-4-8/h1-4H,7H2,(H,9,10)/p-1/b2-1-,5-3+. The van der Waals surface area contributed by atoms with Crippen molar-refractivity contribution in [3.05, 3.63) is 23.9 Å². The highest BCUT2D eigenvalue weighted by atomic mass is 16.4. The average molecular weight is 140 g/mol. The van der Waals surface area contributed by atoms with Crippen molar-refractivity contribution >= 4 is 12.3 Å². The topological polar surface area (TPSA) is 83.2 Å². The van der Waals surface area contributed by atoms with Gasteiger partial charge in [0.05, 0.1) is 11.7 Å². The van der Waals surface area contributed by atoms with Gasteiger partial charge in [0, 0.05) is 0 Å². The third kappa shape index (κ3) is 3.43. The van der Waals surface area contributed by atoms with Crippen molar-refractivity contribution in [1.29, 1.82) is 0 Å². The molecule has 0 rings (SSSR count). The van der Waals surface area contributed by atoms with Crippen LogP contribution in [0.3, 0.4) is 0 Å². The Labute approximate surface area is 57.6 Å². The fourth-order valence-electron chi connectivity index (χ4n) is 0.273. The Balaban J connectivity index is 4.04. The van der Waals surface area contributed by atoms with Gasteiger partial charge in [-0.2, -0.15) is 0 Å². The van der Waals surface area contributed by atoms with E-state index in [1.54, 1.807) is 0 Å². The molecule has 0 saturated heterocycles. The quantitative estimate of drug-likeness (QED) is 0.289. The first-order valence-corrected chi connectivity index (χ1v) is 2.47. The second kappa shape index (κ2) is 4.31. The Kier molecular flexibility index (Phi) is 3.63. The van der Waals surface area contributed by atoms with Crippen LogP contribution >= 0.6 is 0 Å². The minimum absolute atomic E-state index is 0.405. The Morgan fingerprint density at radius 3 is 2.40 bits per heavy atom. The van der Waals surface area contributed by atoms with Crippen LogP contribution in [0, 0.1) is 0 Å². The van der Waals surface area contributed by atoms with E-state index < -0.39 is 11.7 Å². The Morgan fingerprint density at radius 1 is 1.40 bits per heavy atom. The van der Waals surface area contributed by atoms with E-state index in [-0.39, 0.29) is 0 Å². The molecule has 0 spiro atoms. The molecule has 2 N–H and O–H groups in total. The zero-order valence-electron chi connectivity index (χ0n) is 5.11. The summed E-state index contributed by atoms with van der Waals surface area (Å²) in [5.41, 5.74) is 4.48. The largest absolute Gasteiger partial charge is 0.543 e. The first kappa shape index (κ1) is 8.42. The Morgan fingerprint density at radius 2 is 2.00 bits per heavy atom. The molecule has 0 heterocycles. The van der Waals surface area contributed by atoms with Crippen LogP contribution in [0.4, 0.5) is 0 Å². The van der Waals surface area contributed by atoms with E-state index in [9.17, 15) is 14.7 Å². The lowest BCUT2D eigenvalue weighted by atomic mass is 10.4. The lowest BCUT2D eigenvalue weighted by Crippen LogP contribution is -2.28. The average Bonchev–Trinajstić information content (AvgIpc) is 1.88. The van der Waals surface area contributed by atoms with E-state index in [4.69, 9.17) is 5.73 Å². The lowest BCUT2D eigenvalue weighted by molar-refractivity contribution is -0.299. The fourth-order valence-corrected chi connectivity index (χ4v) is 0.273. The van der Waals surface area contributed by atoms with Gasteiger partial charge in [-0.15, -0.1) is 0 Å². The van der Waals surface area contributed by atoms with Gasteiger partial charge in [-0.05, 0) is 12.2 Å². The van der Waals surface area contributed by atoms with E-state index in [1.165, 1.54) is 6.08 Å². The van der Waals surface area contributed by atoms with Crippen molar-refractivity contribution in [3.8, 4) is 0 Å². The van der Waals surface area contributed by atoms with E-state index in [0.29, 0.717) is 6.29 Å². The van der Waals surface area contributed by atoms with Crippen LogP contribution in [-0.2, 0) is 9.59 Å². The number of allylic oxidation sites excluding steroid dienone is 3. The molecule has 0 aliphatic carbocycles. The second-order valence-electron chi connectivity index (χ2n) is 1.43. The van der Waals surface area contributed by atoms with Crippen LogP contribution in [0.1, 0.15) is 0 Å². The Hall–Kier alpha value is -1.58. The van der Waals surface area contributed by atoms with Crippen molar-refractivity contribution < 1.29 is 14.7 Å². The van der Waals surface area contributed by atoms with Crippen LogP contribution in [0.15, 0.2) is 23.9 Å². The summed E-state index contributed by atoms with van der Waals surface area (Å²) >= 11 is 0. The molecule has 0 amide bonds. The Bertz CT molecular complexity index is 193. The summed E-state index contributed by atoms with van der Waals surface area (Å²) in [6, 6.07) is 0. The number of carboxylic acids is 1. The molecule has 0 aromatic carbocycles. The summed E-state index contributed by atoms with van der Waals surface area (Å²) in [6.07, 6.45) is 3.93. The third-order valence-corrected chi connectivity index (χ3v) is 0.701. The summed E-state index contributed by atoms with van der Waals surface area (Å²) in [5.74, 6) is -1.45. The van der Waals surface area contributed by atoms with Gasteiger partial charge in [0.15, 0.2) is 0 Å². The summed E-state index contributed by atoms with van der Waals surface area (Å²) < 4.78 is 0. The first-order valence-electron chi connectivity index (χ1n) is 2.47. The minimum atomic E-state index is -1.45. The van der Waals surface area contributed by atoms with Crippen molar-refractivity contribution in [2.45, 2.75) is 0 Å². The third-order valence-electron chi connectivity index (χ3n) is 0.701. The summed E-state index contributed by atoms with van der Waals surface area (Å²) in [7, 11) is 0. The maximum Gasteiger partial charge on any atom is 0.142 e. The molecule has 0 atom stereocenters. The van der Waals surface area contributed by atoms with E-state index >= 15 is 0 Å². The predicted molar refractivity (Wildman–Crippen MR) is 32.5 cm³/mol. The van der Waals surface area contributed by atoms with Gasteiger partial charge in [0.25, 0.3) is 0 Å². The molecule has 0 radical (unpaired) electrons. The number of nitrogens with two attached hydrogens (primary N) is 1. The van der Waals surface area contributed by atoms with E-state index in [2.05, 4.69) is 0 Å². The highest BCUT2D eigenvalue weighted by Gasteiger charge is 1.83. The predicted octanol–water partition coefficient (Wildman–Crippen LogP) is -1.67. The van der Waals surface area contributed by atoms with Gasteiger partial charge >= 0.3 is 0 Å². The molecule has 0 aliphatic rings. The number of carbonyl (C=O) groups is 2. The molecular formula is C6H6NO3-. The van der Waals surface area contributed by atoms with Gasteiger partial charge in [-0.25, -0.2) is 0 Å². The number of aliphatic carboxylic acids is 1. The van der Waals surface area contributed by atoms with Crippen LogP contribution < -0.4 is 10.8 Å². The zero-order chi connectivity index (χ0) is 7.98. The fraction of sp³-hybridized carbons (Fsp3) is 0. The zero-order valence-corrected chi connectivity index (χ0v) is 5.11. The molecule has 0 bridgehead atoms. The molecule has 4 heteroatoms. The van der Waals surface area contributed by atoms with Gasteiger partial charge in [0.1, 0.15) is 6.29 Å². The summed E-state index contributed by atoms with van der Waals surface area (Å²) in [4.78, 5) is 19.5. The molecule has 4 nitrogen and oxygen atoms in total. The number of hydrogen-bond acceptors (Lipinski definition) is 4. The van der Waals surface area contributed by atoms with E-state index in [0.717, 1.165) is 12.2 Å². The number of aldehydes is 1. The van der Waals surface area contributed by atoms with Gasteiger partial charge < -0.3 is 15.6 Å². The summed E-state index contributed by atoms with van der Waals surface area (Å²) in [6.45, 7) is 0. The van der Waals surface area contributed by atoms with Crippen molar-refractivity contribution in [1.82, 2.24) is 0 Å². The maximum atomic E-state index is 9.87. The normalized spacial score (nSPS) is 11.8. The monoisotopic (exact) mass is 140 g/mol. The van der Waals surface area contributed by atoms with Crippen molar-refractivity contribution in [2.24, 2.45) is 5.73 Å². The highest BCUT2D eigenvalue weighted by molar-refractivity contribution is 5.84. The molecule has 0 aromatic heterocycles.